The largest absolute Gasteiger partial charge is 0.313 e. The van der Waals surface area contributed by atoms with Gasteiger partial charge in [0.2, 0.25) is 0 Å². The molecule has 0 aromatic rings. The second-order valence-corrected chi connectivity index (χ2v) is 6.32. The highest BCUT2D eigenvalue weighted by Crippen LogP contribution is 2.16. The van der Waals surface area contributed by atoms with Crippen LogP contribution >= 0.6 is 0 Å². The summed E-state index contributed by atoms with van der Waals surface area (Å²) in [6, 6.07) is 0.764. The van der Waals surface area contributed by atoms with Gasteiger partial charge in [0.1, 0.15) is 0 Å². The monoisotopic (exact) mass is 268 g/mol. The molecule has 0 spiro atoms. The van der Waals surface area contributed by atoms with E-state index in [1.165, 1.54) is 77.5 Å². The Morgan fingerprint density at radius 1 is 1.16 bits per heavy atom. The maximum Gasteiger partial charge on any atom is 0.0195 e. The number of rotatable bonds is 11. The van der Waals surface area contributed by atoms with Gasteiger partial charge in [0.25, 0.3) is 0 Å². The fourth-order valence-corrected chi connectivity index (χ4v) is 3.15. The van der Waals surface area contributed by atoms with E-state index in [1.54, 1.807) is 0 Å². The summed E-state index contributed by atoms with van der Waals surface area (Å²) in [4.78, 5) is 2.75. The number of nitrogens with one attached hydrogen (secondary N) is 1. The molecule has 0 aromatic heterocycles. The van der Waals surface area contributed by atoms with Gasteiger partial charge in [0.05, 0.1) is 0 Å². The first-order chi connectivity index (χ1) is 9.30. The average molecular weight is 268 g/mol. The maximum absolute atomic E-state index is 3.66. The molecule has 1 saturated heterocycles. The lowest BCUT2D eigenvalue weighted by Crippen LogP contribution is -2.40. The second kappa shape index (κ2) is 10.7. The smallest absolute Gasteiger partial charge is 0.0195 e. The van der Waals surface area contributed by atoms with Gasteiger partial charge in [0.15, 0.2) is 0 Å². The van der Waals surface area contributed by atoms with E-state index in [2.05, 4.69) is 31.0 Å². The lowest BCUT2D eigenvalue weighted by molar-refractivity contribution is 0.200. The molecular weight excluding hydrogens is 232 g/mol. The van der Waals surface area contributed by atoms with Crippen LogP contribution in [-0.4, -0.2) is 37.1 Å². The molecular formula is C17H36N2. The molecule has 2 atom stereocenters. The van der Waals surface area contributed by atoms with Gasteiger partial charge >= 0.3 is 0 Å². The summed E-state index contributed by atoms with van der Waals surface area (Å²) in [6.45, 7) is 12.1. The van der Waals surface area contributed by atoms with Crippen molar-refractivity contribution in [2.45, 2.75) is 78.2 Å². The lowest BCUT2D eigenvalue weighted by Gasteiger charge is -2.29. The summed E-state index contributed by atoms with van der Waals surface area (Å²) < 4.78 is 0. The van der Waals surface area contributed by atoms with Gasteiger partial charge in [-0.2, -0.15) is 0 Å². The Labute approximate surface area is 121 Å². The number of hydrogen-bond donors (Lipinski definition) is 1. The van der Waals surface area contributed by atoms with Gasteiger partial charge in [-0.05, 0) is 44.7 Å². The molecule has 1 fully saturated rings. The highest BCUT2D eigenvalue weighted by molar-refractivity contribution is 4.79. The summed E-state index contributed by atoms with van der Waals surface area (Å²) >= 11 is 0. The first kappa shape index (κ1) is 17.0. The Bertz CT molecular complexity index is 199. The molecule has 2 unspecified atom stereocenters. The summed E-state index contributed by atoms with van der Waals surface area (Å²) in [5, 5.41) is 3.66. The van der Waals surface area contributed by atoms with Gasteiger partial charge < -0.3 is 10.2 Å². The van der Waals surface area contributed by atoms with Crippen molar-refractivity contribution in [2.75, 3.05) is 26.2 Å². The third-order valence-corrected chi connectivity index (χ3v) is 4.53. The fourth-order valence-electron chi connectivity index (χ4n) is 3.15. The van der Waals surface area contributed by atoms with E-state index in [-0.39, 0.29) is 0 Å². The van der Waals surface area contributed by atoms with Crippen molar-refractivity contribution in [1.29, 1.82) is 0 Å². The Morgan fingerprint density at radius 3 is 2.53 bits per heavy atom. The minimum absolute atomic E-state index is 0.764. The van der Waals surface area contributed by atoms with Crippen molar-refractivity contribution in [3.8, 4) is 0 Å². The zero-order valence-electron chi connectivity index (χ0n) is 13.6. The van der Waals surface area contributed by atoms with Gasteiger partial charge in [-0.3, -0.25) is 0 Å². The molecule has 0 bridgehead atoms. The van der Waals surface area contributed by atoms with Gasteiger partial charge in [0, 0.05) is 19.1 Å². The SMILES string of the molecule is CCCCC(CC)CN(CCCC)CC1CCCN1. The molecule has 0 radical (unpaired) electrons. The molecule has 0 aromatic carbocycles. The zero-order valence-corrected chi connectivity index (χ0v) is 13.6. The molecule has 1 aliphatic rings. The Morgan fingerprint density at radius 2 is 1.95 bits per heavy atom. The molecule has 2 nitrogen and oxygen atoms in total. The minimum Gasteiger partial charge on any atom is -0.313 e. The van der Waals surface area contributed by atoms with Crippen molar-refractivity contribution in [3.63, 3.8) is 0 Å². The van der Waals surface area contributed by atoms with Crippen LogP contribution in [0.4, 0.5) is 0 Å². The van der Waals surface area contributed by atoms with Crippen LogP contribution in [0, 0.1) is 5.92 Å². The van der Waals surface area contributed by atoms with Gasteiger partial charge in [-0.1, -0.05) is 46.5 Å². The van der Waals surface area contributed by atoms with Crippen LogP contribution in [0.1, 0.15) is 72.1 Å². The average Bonchev–Trinajstić information content (AvgIpc) is 2.93. The predicted molar refractivity (Wildman–Crippen MR) is 85.7 cm³/mol. The molecule has 1 N–H and O–H groups in total. The standard InChI is InChI=1S/C17H36N2/c1-4-7-10-16(6-3)14-19(13-8-5-2)15-17-11-9-12-18-17/h16-18H,4-15H2,1-3H3. The minimum atomic E-state index is 0.764. The normalized spacial score (nSPS) is 21.2. The van der Waals surface area contributed by atoms with E-state index in [1.807, 2.05) is 0 Å². The molecule has 19 heavy (non-hydrogen) atoms. The van der Waals surface area contributed by atoms with Crippen LogP contribution in [0.15, 0.2) is 0 Å². The zero-order chi connectivity index (χ0) is 13.9. The van der Waals surface area contributed by atoms with Gasteiger partial charge in [-0.15, -0.1) is 0 Å². The number of hydrogen-bond acceptors (Lipinski definition) is 2. The van der Waals surface area contributed by atoms with Crippen LogP contribution in [0.2, 0.25) is 0 Å². The van der Waals surface area contributed by atoms with E-state index < -0.39 is 0 Å². The molecule has 114 valence electrons. The van der Waals surface area contributed by atoms with Crippen LogP contribution in [0.3, 0.4) is 0 Å². The Kier molecular flexibility index (Phi) is 9.54. The fraction of sp³-hybridized carbons (Fsp3) is 1.00. The predicted octanol–water partition coefficient (Wildman–Crippen LogP) is 4.06. The van der Waals surface area contributed by atoms with E-state index in [0.29, 0.717) is 0 Å². The third-order valence-electron chi connectivity index (χ3n) is 4.53. The molecule has 1 rings (SSSR count). The van der Waals surface area contributed by atoms with Crippen molar-refractivity contribution >= 4 is 0 Å². The van der Waals surface area contributed by atoms with Crippen molar-refractivity contribution in [3.05, 3.63) is 0 Å². The summed E-state index contributed by atoms with van der Waals surface area (Å²) in [6.07, 6.45) is 11.0. The first-order valence-electron chi connectivity index (χ1n) is 8.75. The van der Waals surface area contributed by atoms with E-state index in [0.717, 1.165) is 12.0 Å². The van der Waals surface area contributed by atoms with Crippen molar-refractivity contribution < 1.29 is 0 Å². The first-order valence-corrected chi connectivity index (χ1v) is 8.75. The van der Waals surface area contributed by atoms with Crippen LogP contribution in [0.5, 0.6) is 0 Å². The quantitative estimate of drug-likeness (QED) is 0.608. The Balaban J connectivity index is 2.36. The maximum atomic E-state index is 3.66. The summed E-state index contributed by atoms with van der Waals surface area (Å²) in [7, 11) is 0. The molecule has 1 heterocycles. The van der Waals surface area contributed by atoms with Crippen molar-refractivity contribution in [1.82, 2.24) is 10.2 Å². The highest BCUT2D eigenvalue weighted by Gasteiger charge is 2.19. The number of nitrogens with zero attached hydrogens (tertiary/aromatic N) is 1. The van der Waals surface area contributed by atoms with Crippen LogP contribution < -0.4 is 5.32 Å². The number of unbranched alkanes of at least 4 members (excludes halogenated alkanes) is 2. The van der Waals surface area contributed by atoms with E-state index in [4.69, 9.17) is 0 Å². The van der Waals surface area contributed by atoms with Gasteiger partial charge in [-0.25, -0.2) is 0 Å². The van der Waals surface area contributed by atoms with E-state index in [9.17, 15) is 0 Å². The van der Waals surface area contributed by atoms with Crippen molar-refractivity contribution in [2.24, 2.45) is 5.92 Å². The summed E-state index contributed by atoms with van der Waals surface area (Å²) in [5.41, 5.74) is 0. The molecule has 2 heteroatoms. The molecule has 1 aliphatic heterocycles. The highest BCUT2D eigenvalue weighted by atomic mass is 15.2. The summed E-state index contributed by atoms with van der Waals surface area (Å²) in [5.74, 6) is 0.915. The van der Waals surface area contributed by atoms with Crippen LogP contribution in [-0.2, 0) is 0 Å². The second-order valence-electron chi connectivity index (χ2n) is 6.32. The molecule has 0 saturated carbocycles. The Hall–Kier alpha value is -0.0800. The van der Waals surface area contributed by atoms with E-state index >= 15 is 0 Å². The molecule has 0 amide bonds. The third kappa shape index (κ3) is 7.31. The molecule has 0 aliphatic carbocycles. The topological polar surface area (TPSA) is 15.3 Å². The lowest BCUT2D eigenvalue weighted by atomic mass is 9.98. The van der Waals surface area contributed by atoms with Crippen LogP contribution in [0.25, 0.3) is 0 Å².